The molecular weight excluding hydrogens is 172 g/mol. The molecule has 60 valence electrons. The predicted octanol–water partition coefficient (Wildman–Crippen LogP) is 1.78. The molecule has 0 saturated heterocycles. The van der Waals surface area contributed by atoms with Gasteiger partial charge in [0, 0.05) is 21.9 Å². The van der Waals surface area contributed by atoms with Crippen LogP contribution in [0.3, 0.4) is 0 Å². The fourth-order valence-electron chi connectivity index (χ4n) is 1.18. The number of rotatable bonds is 1. The molecule has 1 aromatic heterocycles. The molecule has 0 aliphatic carbocycles. The Balaban J connectivity index is 2.79. The second-order valence-corrected chi connectivity index (χ2v) is 4.15. The van der Waals surface area contributed by atoms with Crippen molar-refractivity contribution >= 4 is 25.9 Å². The van der Waals surface area contributed by atoms with E-state index in [9.17, 15) is 9.90 Å². The zero-order valence-electron chi connectivity index (χ0n) is 6.19. The monoisotopic (exact) mass is 178 g/mol. The lowest BCUT2D eigenvalue weighted by Gasteiger charge is -1.87. The van der Waals surface area contributed by atoms with Gasteiger partial charge in [-0.15, -0.1) is 0 Å². The number of fused-ring (bicyclic) bond motifs is 1. The van der Waals surface area contributed by atoms with Gasteiger partial charge in [0.05, 0.1) is 0 Å². The predicted molar refractivity (Wildman–Crippen MR) is 47.2 cm³/mol. The van der Waals surface area contributed by atoms with Gasteiger partial charge in [0.1, 0.15) is 5.38 Å². The van der Waals surface area contributed by atoms with Crippen LogP contribution in [0.5, 0.6) is 0 Å². The van der Waals surface area contributed by atoms with Crippen LogP contribution in [-0.2, 0) is 0 Å². The Bertz CT molecular complexity index is 431. The standard InChI is InChI=1S/C9H6O2S/c10-9(11)12-6-5-7-3-1-2-4-8(7)12/h1-6H. The van der Waals surface area contributed by atoms with Gasteiger partial charge in [-0.1, -0.05) is 12.1 Å². The van der Waals surface area contributed by atoms with Gasteiger partial charge in [0.2, 0.25) is 0 Å². The lowest BCUT2D eigenvalue weighted by molar-refractivity contribution is -0.233. The van der Waals surface area contributed by atoms with Crippen LogP contribution in [0, 0.1) is 0 Å². The van der Waals surface area contributed by atoms with Gasteiger partial charge in [0.15, 0.2) is 4.70 Å². The quantitative estimate of drug-likeness (QED) is 0.624. The number of benzene rings is 1. The summed E-state index contributed by atoms with van der Waals surface area (Å²) in [4.78, 5) is 10.6. The van der Waals surface area contributed by atoms with E-state index in [0.29, 0.717) is 0 Å². The smallest absolute Gasteiger partial charge is 0.301 e. The Morgan fingerprint density at radius 1 is 1.25 bits per heavy atom. The Morgan fingerprint density at radius 3 is 2.75 bits per heavy atom. The summed E-state index contributed by atoms with van der Waals surface area (Å²) in [5, 5.41) is 12.3. The normalized spacial score (nSPS) is 11.8. The molecular formula is C9H6O2S. The third-order valence-corrected chi connectivity index (χ3v) is 3.33. The van der Waals surface area contributed by atoms with Crippen molar-refractivity contribution in [2.75, 3.05) is 0 Å². The summed E-state index contributed by atoms with van der Waals surface area (Å²) in [5.74, 6) is 0. The maximum absolute atomic E-state index is 10.6. The van der Waals surface area contributed by atoms with E-state index in [0.717, 1.165) is 10.1 Å². The van der Waals surface area contributed by atoms with Crippen LogP contribution in [0.4, 0.5) is 4.79 Å². The zero-order valence-corrected chi connectivity index (χ0v) is 7.01. The molecule has 0 aliphatic heterocycles. The van der Waals surface area contributed by atoms with E-state index >= 15 is 0 Å². The largest absolute Gasteiger partial charge is 0.500 e. The third-order valence-electron chi connectivity index (χ3n) is 1.72. The third kappa shape index (κ3) is 0.987. The molecule has 0 N–H and O–H groups in total. The summed E-state index contributed by atoms with van der Waals surface area (Å²) in [5.41, 5.74) is 0. The van der Waals surface area contributed by atoms with E-state index < -0.39 is 15.8 Å². The molecule has 12 heavy (non-hydrogen) atoms. The van der Waals surface area contributed by atoms with Crippen LogP contribution in [0.25, 0.3) is 10.1 Å². The van der Waals surface area contributed by atoms with Crippen LogP contribution < -0.4 is 5.11 Å². The van der Waals surface area contributed by atoms with Crippen molar-refractivity contribution in [1.82, 2.24) is 0 Å². The van der Waals surface area contributed by atoms with Crippen molar-refractivity contribution in [2.24, 2.45) is 0 Å². The summed E-state index contributed by atoms with van der Waals surface area (Å²) in [6, 6.07) is 9.30. The van der Waals surface area contributed by atoms with Gasteiger partial charge >= 0.3 is 5.30 Å². The lowest BCUT2D eigenvalue weighted by atomic mass is 10.3. The van der Waals surface area contributed by atoms with Gasteiger partial charge in [-0.3, -0.25) is 0 Å². The first-order chi connectivity index (χ1) is 5.79. The molecule has 1 unspecified atom stereocenters. The number of carboxylic acid groups (broad SMARTS) is 1. The van der Waals surface area contributed by atoms with Crippen LogP contribution in [0.1, 0.15) is 0 Å². The van der Waals surface area contributed by atoms with Crippen molar-refractivity contribution in [3.63, 3.8) is 0 Å². The highest BCUT2D eigenvalue weighted by atomic mass is 32.2. The second kappa shape index (κ2) is 2.60. The van der Waals surface area contributed by atoms with E-state index in [1.54, 1.807) is 5.38 Å². The molecule has 2 nitrogen and oxygen atoms in total. The molecule has 0 radical (unpaired) electrons. The van der Waals surface area contributed by atoms with E-state index in [1.165, 1.54) is 0 Å². The lowest BCUT2D eigenvalue weighted by Crippen LogP contribution is -2.15. The van der Waals surface area contributed by atoms with Crippen molar-refractivity contribution in [2.45, 2.75) is 0 Å². The molecule has 1 atom stereocenters. The average molecular weight is 178 g/mol. The first-order valence-electron chi connectivity index (χ1n) is 3.50. The van der Waals surface area contributed by atoms with E-state index in [4.69, 9.17) is 0 Å². The highest BCUT2D eigenvalue weighted by Gasteiger charge is 2.12. The van der Waals surface area contributed by atoms with Crippen molar-refractivity contribution in [3.05, 3.63) is 35.7 Å². The molecule has 0 aliphatic rings. The van der Waals surface area contributed by atoms with Gasteiger partial charge < -0.3 is 9.90 Å². The van der Waals surface area contributed by atoms with Gasteiger partial charge in [0.25, 0.3) is 0 Å². The minimum absolute atomic E-state index is 0.829. The van der Waals surface area contributed by atoms with Crippen molar-refractivity contribution < 1.29 is 9.90 Å². The Morgan fingerprint density at radius 2 is 2.00 bits per heavy atom. The summed E-state index contributed by atoms with van der Waals surface area (Å²) >= 11 is 0. The summed E-state index contributed by atoms with van der Waals surface area (Å²) in [6.45, 7) is 0. The summed E-state index contributed by atoms with van der Waals surface area (Å²) in [6.07, 6.45) is 0. The topological polar surface area (TPSA) is 40.1 Å². The first kappa shape index (κ1) is 7.31. The molecule has 0 fully saturated rings. The molecule has 2 aromatic rings. The zero-order chi connectivity index (χ0) is 8.55. The van der Waals surface area contributed by atoms with Gasteiger partial charge in [-0.05, 0) is 12.1 Å². The number of carbonyl (C=O) groups is 1. The maximum Gasteiger partial charge on any atom is 0.301 e. The van der Waals surface area contributed by atoms with Crippen LogP contribution in [0.2, 0.25) is 0 Å². The SMILES string of the molecule is O=C([O-])[s+]1ccc2ccccc21. The van der Waals surface area contributed by atoms with Crippen LogP contribution in [0.15, 0.2) is 35.7 Å². The number of carbonyl (C=O) groups excluding carboxylic acids is 1. The molecule has 1 aromatic carbocycles. The first-order valence-corrected chi connectivity index (χ1v) is 4.79. The molecule has 2 rings (SSSR count). The molecule has 0 amide bonds. The highest BCUT2D eigenvalue weighted by molar-refractivity contribution is 7.53. The summed E-state index contributed by atoms with van der Waals surface area (Å²) in [7, 11) is -0.829. The number of thiophene rings is 1. The maximum atomic E-state index is 10.6. The molecule has 0 bridgehead atoms. The Hall–Kier alpha value is -1.35. The molecule has 0 spiro atoms. The highest BCUT2D eigenvalue weighted by Crippen LogP contribution is 2.30. The van der Waals surface area contributed by atoms with Crippen LogP contribution in [-0.4, -0.2) is 5.30 Å². The van der Waals surface area contributed by atoms with Crippen molar-refractivity contribution in [1.29, 1.82) is 0 Å². The van der Waals surface area contributed by atoms with E-state index in [1.807, 2.05) is 30.3 Å². The molecule has 0 saturated carbocycles. The van der Waals surface area contributed by atoms with Gasteiger partial charge in [-0.25, -0.2) is 0 Å². The average Bonchev–Trinajstić information content (AvgIpc) is 2.47. The fourth-order valence-corrected chi connectivity index (χ4v) is 2.51. The van der Waals surface area contributed by atoms with Gasteiger partial charge in [-0.2, -0.15) is 0 Å². The van der Waals surface area contributed by atoms with Crippen molar-refractivity contribution in [3.8, 4) is 0 Å². The van der Waals surface area contributed by atoms with E-state index in [2.05, 4.69) is 0 Å². The second-order valence-electron chi connectivity index (χ2n) is 2.43. The van der Waals surface area contributed by atoms with Crippen LogP contribution >= 0.6 is 10.5 Å². The summed E-state index contributed by atoms with van der Waals surface area (Å²) < 4.78 is 0.859. The molecule has 3 heteroatoms. The number of hydrogen-bond donors (Lipinski definition) is 0. The Kier molecular flexibility index (Phi) is 1.59. The minimum Gasteiger partial charge on any atom is -0.500 e. The minimum atomic E-state index is -1.00. The fraction of sp³-hybridized carbons (Fsp3) is 0. The number of hydrogen-bond acceptors (Lipinski definition) is 2. The van der Waals surface area contributed by atoms with E-state index in [-0.39, 0.29) is 0 Å². The molecule has 1 heterocycles. The Labute approximate surface area is 72.0 Å².